The molecule has 2 aromatic rings. The first kappa shape index (κ1) is 11.4. The Morgan fingerprint density at radius 3 is 2.59 bits per heavy atom. The van der Waals surface area contributed by atoms with Crippen LogP contribution in [0.15, 0.2) is 42.7 Å². The molecule has 0 bridgehead atoms. The van der Waals surface area contributed by atoms with Crippen LogP contribution in [0.2, 0.25) is 0 Å². The molecule has 0 saturated carbocycles. The molecule has 0 spiro atoms. The molecule has 0 unspecified atom stereocenters. The minimum absolute atomic E-state index is 0.0664. The zero-order chi connectivity index (χ0) is 12.3. The van der Waals surface area contributed by atoms with Gasteiger partial charge in [-0.2, -0.15) is 0 Å². The smallest absolute Gasteiger partial charge is 0.170 e. The van der Waals surface area contributed by atoms with E-state index in [-0.39, 0.29) is 17.5 Å². The van der Waals surface area contributed by atoms with Crippen molar-refractivity contribution in [2.45, 2.75) is 6.42 Å². The second kappa shape index (κ2) is 4.82. The van der Waals surface area contributed by atoms with Crippen molar-refractivity contribution in [1.29, 1.82) is 0 Å². The molecule has 1 heterocycles. The van der Waals surface area contributed by atoms with Crippen LogP contribution in [0.3, 0.4) is 0 Å². The third-order valence-corrected chi connectivity index (χ3v) is 2.38. The van der Waals surface area contributed by atoms with Crippen LogP contribution in [-0.4, -0.2) is 10.8 Å². The third kappa shape index (κ3) is 2.53. The van der Waals surface area contributed by atoms with Gasteiger partial charge in [0, 0.05) is 12.6 Å². The molecule has 2 rings (SSSR count). The van der Waals surface area contributed by atoms with Gasteiger partial charge in [-0.15, -0.1) is 0 Å². The molecule has 0 aliphatic heterocycles. The summed E-state index contributed by atoms with van der Waals surface area (Å²) in [6.07, 6.45) is 2.14. The summed E-state index contributed by atoms with van der Waals surface area (Å²) >= 11 is 0. The molecular weight excluding hydrogens is 224 g/mol. The zero-order valence-electron chi connectivity index (χ0n) is 8.86. The third-order valence-electron chi connectivity index (χ3n) is 2.38. The molecule has 0 atom stereocenters. The van der Waals surface area contributed by atoms with Crippen LogP contribution >= 0.6 is 0 Å². The zero-order valence-corrected chi connectivity index (χ0v) is 8.86. The summed E-state index contributed by atoms with van der Waals surface area (Å²) in [4.78, 5) is 15.3. The summed E-state index contributed by atoms with van der Waals surface area (Å²) in [6, 6.07) is 7.24. The molecule has 0 radical (unpaired) electrons. The highest BCUT2D eigenvalue weighted by Gasteiger charge is 2.13. The van der Waals surface area contributed by atoms with E-state index in [2.05, 4.69) is 4.98 Å². The number of benzene rings is 1. The highest BCUT2D eigenvalue weighted by molar-refractivity contribution is 5.97. The molecule has 86 valence electrons. The Balaban J connectivity index is 2.24. The van der Waals surface area contributed by atoms with Crippen LogP contribution < -0.4 is 0 Å². The normalized spacial score (nSPS) is 10.2. The van der Waals surface area contributed by atoms with Crippen molar-refractivity contribution in [3.05, 3.63) is 65.5 Å². The number of Topliss-reactive ketones (excluding diaryl/α,β-unsaturated/α-hetero) is 1. The number of carbonyl (C=O) groups excluding carboxylic acids is 1. The maximum Gasteiger partial charge on any atom is 0.170 e. The molecule has 0 fully saturated rings. The first-order valence-corrected chi connectivity index (χ1v) is 5.04. The number of halogens is 2. The minimum atomic E-state index is -0.686. The quantitative estimate of drug-likeness (QED) is 0.763. The van der Waals surface area contributed by atoms with Crippen molar-refractivity contribution in [1.82, 2.24) is 4.98 Å². The fourth-order valence-corrected chi connectivity index (χ4v) is 1.51. The van der Waals surface area contributed by atoms with E-state index in [9.17, 15) is 13.6 Å². The fraction of sp³-hybridized carbons (Fsp3) is 0.0769. The predicted octanol–water partition coefficient (Wildman–Crippen LogP) is 2.79. The Labute approximate surface area is 96.9 Å². The molecular formula is C13H9F2NO. The monoisotopic (exact) mass is 233 g/mol. The Bertz CT molecular complexity index is 555. The lowest BCUT2D eigenvalue weighted by Crippen LogP contribution is -2.07. The standard InChI is InChI=1S/C13H9F2NO/c14-11-4-2-1-3-9(11)7-13(17)10-5-6-16-8-12(10)15/h1-6,8H,7H2. The van der Waals surface area contributed by atoms with Crippen molar-refractivity contribution in [3.63, 3.8) is 0 Å². The summed E-state index contributed by atoms with van der Waals surface area (Å²) in [6.45, 7) is 0. The van der Waals surface area contributed by atoms with Crippen molar-refractivity contribution >= 4 is 5.78 Å². The highest BCUT2D eigenvalue weighted by atomic mass is 19.1. The maximum atomic E-state index is 13.3. The van der Waals surface area contributed by atoms with Gasteiger partial charge in [-0.1, -0.05) is 18.2 Å². The first-order chi connectivity index (χ1) is 8.18. The van der Waals surface area contributed by atoms with Crippen LogP contribution in [0.1, 0.15) is 15.9 Å². The second-order valence-electron chi connectivity index (χ2n) is 3.55. The number of rotatable bonds is 3. The molecule has 0 amide bonds. The van der Waals surface area contributed by atoms with Gasteiger partial charge in [0.2, 0.25) is 0 Å². The minimum Gasteiger partial charge on any atom is -0.294 e. The molecule has 0 N–H and O–H groups in total. The SMILES string of the molecule is O=C(Cc1ccccc1F)c1ccncc1F. The van der Waals surface area contributed by atoms with E-state index in [0.29, 0.717) is 0 Å². The Morgan fingerprint density at radius 2 is 1.88 bits per heavy atom. The van der Waals surface area contributed by atoms with Gasteiger partial charge in [0.1, 0.15) is 5.82 Å². The largest absolute Gasteiger partial charge is 0.294 e. The number of nitrogens with zero attached hydrogens (tertiary/aromatic N) is 1. The van der Waals surface area contributed by atoms with Gasteiger partial charge in [0.15, 0.2) is 11.6 Å². The van der Waals surface area contributed by atoms with E-state index in [1.165, 1.54) is 30.5 Å². The number of carbonyl (C=O) groups is 1. The van der Waals surface area contributed by atoms with Crippen molar-refractivity contribution in [2.24, 2.45) is 0 Å². The van der Waals surface area contributed by atoms with Crippen molar-refractivity contribution in [3.8, 4) is 0 Å². The van der Waals surface area contributed by atoms with Gasteiger partial charge in [-0.3, -0.25) is 9.78 Å². The molecule has 1 aromatic heterocycles. The van der Waals surface area contributed by atoms with Crippen LogP contribution in [0, 0.1) is 11.6 Å². The number of aromatic nitrogens is 1. The van der Waals surface area contributed by atoms with E-state index in [0.717, 1.165) is 6.20 Å². The maximum absolute atomic E-state index is 13.3. The summed E-state index contributed by atoms with van der Waals surface area (Å²) in [7, 11) is 0. The average molecular weight is 233 g/mol. The Kier molecular flexibility index (Phi) is 3.23. The topological polar surface area (TPSA) is 30.0 Å². The summed E-state index contributed by atoms with van der Waals surface area (Å²) in [5.41, 5.74) is 0.192. The van der Waals surface area contributed by atoms with E-state index in [1.54, 1.807) is 6.07 Å². The molecule has 0 saturated heterocycles. The fourth-order valence-electron chi connectivity index (χ4n) is 1.51. The predicted molar refractivity (Wildman–Crippen MR) is 58.6 cm³/mol. The van der Waals surface area contributed by atoms with Crippen molar-refractivity contribution in [2.75, 3.05) is 0 Å². The molecule has 17 heavy (non-hydrogen) atoms. The van der Waals surface area contributed by atoms with Gasteiger partial charge in [-0.25, -0.2) is 8.78 Å². The molecule has 0 aliphatic carbocycles. The lowest BCUT2D eigenvalue weighted by molar-refractivity contribution is 0.0988. The highest BCUT2D eigenvalue weighted by Crippen LogP contribution is 2.12. The number of hydrogen-bond acceptors (Lipinski definition) is 2. The van der Waals surface area contributed by atoms with Gasteiger partial charge in [0.05, 0.1) is 11.8 Å². The van der Waals surface area contributed by atoms with Gasteiger partial charge >= 0.3 is 0 Å². The Morgan fingerprint density at radius 1 is 1.12 bits per heavy atom. The van der Waals surface area contributed by atoms with E-state index in [1.807, 2.05) is 0 Å². The summed E-state index contributed by atoms with van der Waals surface area (Å²) in [5, 5.41) is 0. The van der Waals surface area contributed by atoms with E-state index >= 15 is 0 Å². The summed E-state index contributed by atoms with van der Waals surface area (Å²) in [5.74, 6) is -1.61. The van der Waals surface area contributed by atoms with Crippen LogP contribution in [0.4, 0.5) is 8.78 Å². The Hall–Kier alpha value is -2.10. The van der Waals surface area contributed by atoms with Gasteiger partial charge in [0.25, 0.3) is 0 Å². The number of hydrogen-bond donors (Lipinski definition) is 0. The average Bonchev–Trinajstić information content (AvgIpc) is 2.32. The van der Waals surface area contributed by atoms with Crippen LogP contribution in [0.5, 0.6) is 0 Å². The molecule has 1 aromatic carbocycles. The van der Waals surface area contributed by atoms with Crippen LogP contribution in [0.25, 0.3) is 0 Å². The van der Waals surface area contributed by atoms with E-state index < -0.39 is 17.4 Å². The number of pyridine rings is 1. The molecule has 0 aliphatic rings. The number of ketones is 1. The first-order valence-electron chi connectivity index (χ1n) is 5.04. The summed E-state index contributed by atoms with van der Waals surface area (Å²) < 4.78 is 26.6. The second-order valence-corrected chi connectivity index (χ2v) is 3.55. The van der Waals surface area contributed by atoms with E-state index in [4.69, 9.17) is 0 Å². The van der Waals surface area contributed by atoms with Crippen molar-refractivity contribution < 1.29 is 13.6 Å². The molecule has 2 nitrogen and oxygen atoms in total. The van der Waals surface area contributed by atoms with Crippen LogP contribution in [-0.2, 0) is 6.42 Å². The lowest BCUT2D eigenvalue weighted by atomic mass is 10.0. The van der Waals surface area contributed by atoms with Gasteiger partial charge < -0.3 is 0 Å². The van der Waals surface area contributed by atoms with Gasteiger partial charge in [-0.05, 0) is 17.7 Å². The molecule has 4 heteroatoms. The lowest BCUT2D eigenvalue weighted by Gasteiger charge is -2.03.